The molecule has 0 spiro atoms. The summed E-state index contributed by atoms with van der Waals surface area (Å²) in [6, 6.07) is 0.215. The summed E-state index contributed by atoms with van der Waals surface area (Å²) in [5.74, 6) is -0.00951. The van der Waals surface area contributed by atoms with Crippen molar-refractivity contribution in [3.8, 4) is 0 Å². The van der Waals surface area contributed by atoms with Crippen molar-refractivity contribution >= 4 is 27.3 Å². The second kappa shape index (κ2) is 4.48. The lowest BCUT2D eigenvalue weighted by Crippen LogP contribution is -2.66. The molecule has 3 atom stereocenters. The molecule has 0 aliphatic carbocycles. The minimum atomic E-state index is -3.43. The standard InChI is InChI=1S/C11H21NO3S2/c1-7(15-17(6,13)14)8-9(11(2,3)4)12(5)10(8)16/h7-9H,1-6H3/t7-,8+,9-/m0/s1. The van der Waals surface area contributed by atoms with Crippen molar-refractivity contribution in [1.29, 1.82) is 0 Å². The summed E-state index contributed by atoms with van der Waals surface area (Å²) in [5, 5.41) is 0. The van der Waals surface area contributed by atoms with Crippen LogP contribution >= 0.6 is 12.2 Å². The molecule has 1 saturated heterocycles. The SMILES string of the molecule is C[C@H](OS(C)(=O)=O)[C@H]1C(=S)N(C)[C@@H]1C(C)(C)C. The van der Waals surface area contributed by atoms with E-state index in [2.05, 4.69) is 20.8 Å². The molecular weight excluding hydrogens is 258 g/mol. The van der Waals surface area contributed by atoms with Gasteiger partial charge in [-0.05, 0) is 12.3 Å². The van der Waals surface area contributed by atoms with Crippen molar-refractivity contribution in [2.75, 3.05) is 13.3 Å². The number of hydrogen-bond donors (Lipinski definition) is 0. The van der Waals surface area contributed by atoms with Gasteiger partial charge >= 0.3 is 0 Å². The maximum Gasteiger partial charge on any atom is 0.264 e. The Kier molecular flexibility index (Phi) is 3.91. The molecule has 1 rings (SSSR count). The average molecular weight is 279 g/mol. The number of rotatable bonds is 3. The average Bonchev–Trinajstić information content (AvgIpc) is 2.06. The van der Waals surface area contributed by atoms with Gasteiger partial charge in [-0.1, -0.05) is 33.0 Å². The third-order valence-electron chi connectivity index (χ3n) is 3.11. The molecule has 0 saturated carbocycles. The smallest absolute Gasteiger partial charge is 0.264 e. The molecule has 1 aliphatic heterocycles. The van der Waals surface area contributed by atoms with Gasteiger partial charge < -0.3 is 4.90 Å². The molecule has 0 bridgehead atoms. The van der Waals surface area contributed by atoms with E-state index < -0.39 is 16.2 Å². The highest BCUT2D eigenvalue weighted by atomic mass is 32.2. The summed E-state index contributed by atoms with van der Waals surface area (Å²) >= 11 is 5.29. The topological polar surface area (TPSA) is 46.6 Å². The quantitative estimate of drug-likeness (QED) is 0.581. The van der Waals surface area contributed by atoms with Gasteiger partial charge in [-0.25, -0.2) is 0 Å². The molecule has 0 amide bonds. The first-order valence-corrected chi connectivity index (χ1v) is 7.82. The van der Waals surface area contributed by atoms with Gasteiger partial charge in [0.2, 0.25) is 0 Å². The molecule has 1 fully saturated rings. The zero-order valence-corrected chi connectivity index (χ0v) is 12.9. The Labute approximate surface area is 109 Å². The van der Waals surface area contributed by atoms with E-state index in [1.807, 2.05) is 11.9 Å². The monoisotopic (exact) mass is 279 g/mol. The first-order chi connectivity index (χ1) is 7.45. The van der Waals surface area contributed by atoms with Gasteiger partial charge in [0.05, 0.1) is 23.3 Å². The van der Waals surface area contributed by atoms with E-state index in [0.717, 1.165) is 11.2 Å². The maximum atomic E-state index is 11.2. The van der Waals surface area contributed by atoms with Gasteiger partial charge in [-0.15, -0.1) is 0 Å². The highest BCUT2D eigenvalue weighted by Gasteiger charge is 2.51. The first-order valence-electron chi connectivity index (χ1n) is 5.60. The van der Waals surface area contributed by atoms with E-state index in [0.29, 0.717) is 0 Å². The van der Waals surface area contributed by atoms with Crippen LogP contribution in [0.2, 0.25) is 0 Å². The fourth-order valence-electron chi connectivity index (χ4n) is 2.58. The Morgan fingerprint density at radius 1 is 1.41 bits per heavy atom. The summed E-state index contributed by atoms with van der Waals surface area (Å²) in [6.45, 7) is 8.13. The summed E-state index contributed by atoms with van der Waals surface area (Å²) in [7, 11) is -1.49. The fraction of sp³-hybridized carbons (Fsp3) is 0.909. The van der Waals surface area contributed by atoms with Crippen molar-refractivity contribution in [1.82, 2.24) is 4.90 Å². The largest absolute Gasteiger partial charge is 0.365 e. The zero-order chi connectivity index (χ0) is 13.6. The van der Waals surface area contributed by atoms with E-state index in [-0.39, 0.29) is 17.4 Å². The molecule has 0 N–H and O–H groups in total. The van der Waals surface area contributed by atoms with E-state index in [9.17, 15) is 8.42 Å². The number of nitrogens with zero attached hydrogens (tertiary/aromatic N) is 1. The lowest BCUT2D eigenvalue weighted by atomic mass is 9.70. The van der Waals surface area contributed by atoms with Crippen molar-refractivity contribution < 1.29 is 12.6 Å². The van der Waals surface area contributed by atoms with Crippen LogP contribution < -0.4 is 0 Å². The fourth-order valence-corrected chi connectivity index (χ4v) is 3.68. The Morgan fingerprint density at radius 2 is 1.88 bits per heavy atom. The zero-order valence-electron chi connectivity index (χ0n) is 11.2. The van der Waals surface area contributed by atoms with Crippen molar-refractivity contribution in [2.24, 2.45) is 11.3 Å². The Morgan fingerprint density at radius 3 is 2.24 bits per heavy atom. The van der Waals surface area contributed by atoms with Crippen LogP contribution in [-0.4, -0.2) is 43.8 Å². The minimum absolute atomic E-state index is 0.00951. The predicted octanol–water partition coefficient (Wildman–Crippen LogP) is 1.65. The Bertz CT molecular complexity index is 411. The molecule has 1 aliphatic rings. The van der Waals surface area contributed by atoms with E-state index in [4.69, 9.17) is 16.4 Å². The van der Waals surface area contributed by atoms with Crippen molar-refractivity contribution in [3.63, 3.8) is 0 Å². The second-order valence-electron chi connectivity index (χ2n) is 5.79. The normalized spacial score (nSPS) is 27.9. The van der Waals surface area contributed by atoms with Crippen molar-refractivity contribution in [2.45, 2.75) is 39.8 Å². The summed E-state index contributed by atoms with van der Waals surface area (Å²) in [4.78, 5) is 2.81. The van der Waals surface area contributed by atoms with Gasteiger partial charge in [0.25, 0.3) is 10.1 Å². The van der Waals surface area contributed by atoms with Crippen LogP contribution in [0.1, 0.15) is 27.7 Å². The predicted molar refractivity (Wildman–Crippen MR) is 72.5 cm³/mol. The molecule has 17 heavy (non-hydrogen) atoms. The molecule has 1 heterocycles. The summed E-state index contributed by atoms with van der Waals surface area (Å²) in [6.07, 6.45) is 0.666. The van der Waals surface area contributed by atoms with Crippen LogP contribution in [0.4, 0.5) is 0 Å². The second-order valence-corrected chi connectivity index (χ2v) is 7.81. The van der Waals surface area contributed by atoms with Crippen LogP contribution in [0.5, 0.6) is 0 Å². The van der Waals surface area contributed by atoms with E-state index in [1.165, 1.54) is 0 Å². The number of hydrogen-bond acceptors (Lipinski definition) is 4. The highest BCUT2D eigenvalue weighted by molar-refractivity contribution is 7.86. The molecule has 4 nitrogen and oxygen atoms in total. The molecule has 0 unspecified atom stereocenters. The van der Waals surface area contributed by atoms with E-state index >= 15 is 0 Å². The minimum Gasteiger partial charge on any atom is -0.365 e. The van der Waals surface area contributed by atoms with Crippen LogP contribution in [0.3, 0.4) is 0 Å². The third kappa shape index (κ3) is 3.17. The van der Waals surface area contributed by atoms with E-state index in [1.54, 1.807) is 6.92 Å². The molecule has 100 valence electrons. The molecule has 0 radical (unpaired) electrons. The van der Waals surface area contributed by atoms with Crippen LogP contribution in [0.25, 0.3) is 0 Å². The third-order valence-corrected chi connectivity index (χ3v) is 4.32. The molecule has 0 aromatic heterocycles. The Balaban J connectivity index is 2.86. The van der Waals surface area contributed by atoms with Gasteiger partial charge in [0, 0.05) is 13.1 Å². The molecule has 0 aromatic rings. The van der Waals surface area contributed by atoms with Gasteiger partial charge in [-0.2, -0.15) is 8.42 Å². The summed E-state index contributed by atoms with van der Waals surface area (Å²) in [5.41, 5.74) is 0.0385. The lowest BCUT2D eigenvalue weighted by Gasteiger charge is -2.55. The van der Waals surface area contributed by atoms with Gasteiger partial charge in [0.1, 0.15) is 0 Å². The maximum absolute atomic E-state index is 11.2. The molecule has 6 heteroatoms. The molecular formula is C11H21NO3S2. The summed E-state index contributed by atoms with van der Waals surface area (Å²) < 4.78 is 27.3. The van der Waals surface area contributed by atoms with Gasteiger partial charge in [0.15, 0.2) is 0 Å². The van der Waals surface area contributed by atoms with Crippen LogP contribution in [-0.2, 0) is 14.3 Å². The lowest BCUT2D eigenvalue weighted by molar-refractivity contribution is 0.0333. The first kappa shape index (κ1) is 14.9. The van der Waals surface area contributed by atoms with Gasteiger partial charge in [-0.3, -0.25) is 4.18 Å². The number of likely N-dealkylation sites (tertiary alicyclic amines) is 1. The number of thiocarbonyl (C=S) groups is 1. The van der Waals surface area contributed by atoms with Crippen LogP contribution in [0.15, 0.2) is 0 Å². The van der Waals surface area contributed by atoms with Crippen LogP contribution in [0, 0.1) is 11.3 Å². The highest BCUT2D eigenvalue weighted by Crippen LogP contribution is 2.41. The molecule has 0 aromatic carbocycles. The Hall–Kier alpha value is -0.200. The van der Waals surface area contributed by atoms with Crippen molar-refractivity contribution in [3.05, 3.63) is 0 Å².